The van der Waals surface area contributed by atoms with Crippen LogP contribution in [-0.2, 0) is 0 Å². The molecule has 1 aromatic carbocycles. The maximum absolute atomic E-state index is 2.32. The van der Waals surface area contributed by atoms with Crippen molar-refractivity contribution in [1.29, 1.82) is 0 Å². The maximum Gasteiger partial charge on any atom is -0.00671 e. The Morgan fingerprint density at radius 1 is 1.07 bits per heavy atom. The third-order valence-electron chi connectivity index (χ3n) is 2.69. The van der Waals surface area contributed by atoms with Gasteiger partial charge in [-0.3, -0.25) is 0 Å². The molecule has 0 bridgehead atoms. The van der Waals surface area contributed by atoms with Crippen LogP contribution in [-0.4, -0.2) is 0 Å². The summed E-state index contributed by atoms with van der Waals surface area (Å²) in [6, 6.07) is 10.8. The van der Waals surface area contributed by atoms with Crippen molar-refractivity contribution < 1.29 is 0 Å². The highest BCUT2D eigenvalue weighted by Gasteiger charge is 2.19. The predicted molar refractivity (Wildman–Crippen MR) is 65.6 cm³/mol. The van der Waals surface area contributed by atoms with Gasteiger partial charge < -0.3 is 0 Å². The van der Waals surface area contributed by atoms with Crippen molar-refractivity contribution in [2.45, 2.75) is 34.1 Å². The van der Waals surface area contributed by atoms with Gasteiger partial charge in [-0.2, -0.15) is 0 Å². The molecule has 0 fully saturated rings. The molecule has 0 spiro atoms. The van der Waals surface area contributed by atoms with Crippen LogP contribution < -0.4 is 0 Å². The molecule has 2 atom stereocenters. The zero-order valence-electron chi connectivity index (χ0n) is 7.40. The molecule has 2 unspecified atom stereocenters. The second kappa shape index (κ2) is 5.64. The van der Waals surface area contributed by atoms with Gasteiger partial charge in [0.05, 0.1) is 0 Å². The van der Waals surface area contributed by atoms with Gasteiger partial charge in [0.15, 0.2) is 0 Å². The van der Waals surface area contributed by atoms with E-state index in [-0.39, 0.29) is 14.9 Å². The third kappa shape index (κ3) is 2.47. The molecular formula is C14H22. The van der Waals surface area contributed by atoms with Gasteiger partial charge in [0, 0.05) is 0 Å². The van der Waals surface area contributed by atoms with Gasteiger partial charge in [-0.25, -0.2) is 0 Å². The van der Waals surface area contributed by atoms with Crippen molar-refractivity contribution in [2.75, 3.05) is 0 Å². The zero-order chi connectivity index (χ0) is 8.39. The van der Waals surface area contributed by atoms with E-state index < -0.39 is 0 Å². The van der Waals surface area contributed by atoms with Crippen molar-refractivity contribution in [3.8, 4) is 0 Å². The molecule has 0 amide bonds. The minimum absolute atomic E-state index is 0. The molecule has 0 aliphatic heterocycles. The maximum atomic E-state index is 2.32. The molecule has 0 heterocycles. The summed E-state index contributed by atoms with van der Waals surface area (Å²) < 4.78 is 0. The number of hydrogen-bond donors (Lipinski definition) is 0. The Hall–Kier alpha value is -1.04. The van der Waals surface area contributed by atoms with Crippen LogP contribution in [0.4, 0.5) is 0 Å². The van der Waals surface area contributed by atoms with Gasteiger partial charge in [-0.15, -0.1) is 0 Å². The zero-order valence-corrected chi connectivity index (χ0v) is 7.40. The standard InChI is InChI=1S/C12H14.2CH4/c1-10-6-5-9-12(10)11-7-3-2-4-8-11;;/h2-8,10,12H,9H2,1H3;2*1H4. The summed E-state index contributed by atoms with van der Waals surface area (Å²) in [4.78, 5) is 0. The lowest BCUT2D eigenvalue weighted by Crippen LogP contribution is -2.01. The minimum Gasteiger partial charge on any atom is -0.0876 e. The Morgan fingerprint density at radius 3 is 2.21 bits per heavy atom. The second-order valence-corrected chi connectivity index (χ2v) is 3.54. The smallest absolute Gasteiger partial charge is 0.00671 e. The summed E-state index contributed by atoms with van der Waals surface area (Å²) in [6.07, 6.45) is 5.82. The lowest BCUT2D eigenvalue weighted by atomic mass is 9.90. The predicted octanol–water partition coefficient (Wildman–Crippen LogP) is 4.64. The van der Waals surface area contributed by atoms with Gasteiger partial charge in [0.1, 0.15) is 0 Å². The van der Waals surface area contributed by atoms with Gasteiger partial charge in [0.25, 0.3) is 0 Å². The Morgan fingerprint density at radius 2 is 1.71 bits per heavy atom. The molecular weight excluding hydrogens is 168 g/mol. The van der Waals surface area contributed by atoms with E-state index in [1.165, 1.54) is 12.0 Å². The average molecular weight is 190 g/mol. The Kier molecular flexibility index (Phi) is 5.22. The highest BCUT2D eigenvalue weighted by atomic mass is 14.2. The van der Waals surface area contributed by atoms with Crippen molar-refractivity contribution in [1.82, 2.24) is 0 Å². The molecule has 0 nitrogen and oxygen atoms in total. The molecule has 0 saturated carbocycles. The van der Waals surface area contributed by atoms with E-state index in [9.17, 15) is 0 Å². The topological polar surface area (TPSA) is 0 Å². The molecule has 1 aromatic rings. The SMILES string of the molecule is C.C.CC1C=CCC1c1ccccc1. The lowest BCUT2D eigenvalue weighted by Gasteiger charge is -2.14. The van der Waals surface area contributed by atoms with Crippen LogP contribution in [0.5, 0.6) is 0 Å². The van der Waals surface area contributed by atoms with Gasteiger partial charge >= 0.3 is 0 Å². The van der Waals surface area contributed by atoms with Crippen LogP contribution in [0.15, 0.2) is 42.5 Å². The molecule has 0 aromatic heterocycles. The number of benzene rings is 1. The van der Waals surface area contributed by atoms with Gasteiger partial charge in [-0.1, -0.05) is 64.3 Å². The fourth-order valence-corrected chi connectivity index (χ4v) is 1.93. The largest absolute Gasteiger partial charge is 0.0876 e. The average Bonchev–Trinajstić information content (AvgIpc) is 2.53. The van der Waals surface area contributed by atoms with E-state index >= 15 is 0 Å². The first-order valence-electron chi connectivity index (χ1n) is 4.59. The van der Waals surface area contributed by atoms with E-state index in [1.807, 2.05) is 0 Å². The number of allylic oxidation sites excluding steroid dienone is 2. The molecule has 0 radical (unpaired) electrons. The fourth-order valence-electron chi connectivity index (χ4n) is 1.93. The van der Waals surface area contributed by atoms with Crippen molar-refractivity contribution in [3.05, 3.63) is 48.0 Å². The van der Waals surface area contributed by atoms with E-state index in [0.29, 0.717) is 5.92 Å². The van der Waals surface area contributed by atoms with E-state index in [0.717, 1.165) is 5.92 Å². The molecule has 0 N–H and O–H groups in total. The first-order chi connectivity index (χ1) is 5.88. The van der Waals surface area contributed by atoms with Crippen molar-refractivity contribution in [3.63, 3.8) is 0 Å². The monoisotopic (exact) mass is 190 g/mol. The van der Waals surface area contributed by atoms with Crippen LogP contribution >= 0.6 is 0 Å². The van der Waals surface area contributed by atoms with Crippen molar-refractivity contribution >= 4 is 0 Å². The summed E-state index contributed by atoms with van der Waals surface area (Å²) in [5.74, 6) is 1.44. The third-order valence-corrected chi connectivity index (χ3v) is 2.69. The van der Waals surface area contributed by atoms with Crippen LogP contribution in [0, 0.1) is 5.92 Å². The quantitative estimate of drug-likeness (QED) is 0.566. The van der Waals surface area contributed by atoms with Gasteiger partial charge in [0.2, 0.25) is 0 Å². The molecule has 0 heteroatoms. The van der Waals surface area contributed by atoms with E-state index in [4.69, 9.17) is 0 Å². The fraction of sp³-hybridized carbons (Fsp3) is 0.429. The molecule has 14 heavy (non-hydrogen) atoms. The Bertz CT molecular complexity index is 271. The lowest BCUT2D eigenvalue weighted by molar-refractivity contribution is 0.588. The summed E-state index contributed by atoms with van der Waals surface area (Å²) in [6.45, 7) is 2.29. The van der Waals surface area contributed by atoms with E-state index in [2.05, 4.69) is 49.4 Å². The first-order valence-corrected chi connectivity index (χ1v) is 4.59. The normalized spacial score (nSPS) is 23.8. The highest BCUT2D eigenvalue weighted by molar-refractivity contribution is 5.24. The first kappa shape index (κ1) is 13.0. The van der Waals surface area contributed by atoms with E-state index in [1.54, 1.807) is 0 Å². The Labute approximate surface area is 88.7 Å². The molecule has 1 aliphatic carbocycles. The minimum atomic E-state index is 0. The van der Waals surface area contributed by atoms with Crippen LogP contribution in [0.3, 0.4) is 0 Å². The van der Waals surface area contributed by atoms with Gasteiger partial charge in [-0.05, 0) is 23.8 Å². The molecule has 78 valence electrons. The molecule has 2 rings (SSSR count). The molecule has 0 saturated heterocycles. The second-order valence-electron chi connectivity index (χ2n) is 3.54. The van der Waals surface area contributed by atoms with Crippen LogP contribution in [0.25, 0.3) is 0 Å². The highest BCUT2D eigenvalue weighted by Crippen LogP contribution is 2.33. The summed E-state index contributed by atoms with van der Waals surface area (Å²) in [5.41, 5.74) is 1.48. The van der Waals surface area contributed by atoms with Crippen LogP contribution in [0.2, 0.25) is 0 Å². The Balaban J connectivity index is 0.000000845. The summed E-state index contributed by atoms with van der Waals surface area (Å²) in [5, 5.41) is 0. The van der Waals surface area contributed by atoms with Crippen LogP contribution in [0.1, 0.15) is 39.7 Å². The number of rotatable bonds is 1. The molecule has 1 aliphatic rings. The summed E-state index contributed by atoms with van der Waals surface area (Å²) in [7, 11) is 0. The number of hydrogen-bond acceptors (Lipinski definition) is 0. The van der Waals surface area contributed by atoms with Crippen molar-refractivity contribution in [2.24, 2.45) is 5.92 Å². The summed E-state index contributed by atoms with van der Waals surface area (Å²) >= 11 is 0.